The van der Waals surface area contributed by atoms with E-state index in [1.54, 1.807) is 6.07 Å². The molecule has 0 radical (unpaired) electrons. The Kier molecular flexibility index (Phi) is 2.90. The number of aromatic amines is 1. The molecule has 1 aromatic heterocycles. The third kappa shape index (κ3) is 1.96. The molecule has 0 bridgehead atoms. The number of hydrogen-bond acceptors (Lipinski definition) is 2. The number of H-pyrrole nitrogens is 1. The third-order valence-corrected chi connectivity index (χ3v) is 4.08. The van der Waals surface area contributed by atoms with Crippen molar-refractivity contribution >= 4 is 10.8 Å². The lowest BCUT2D eigenvalue weighted by Crippen LogP contribution is -2.21. The fraction of sp³-hybridized carbons (Fsp3) is 0.400. The summed E-state index contributed by atoms with van der Waals surface area (Å²) < 4.78 is 13.3. The lowest BCUT2D eigenvalue weighted by Gasteiger charge is -2.23. The second kappa shape index (κ2) is 4.46. The van der Waals surface area contributed by atoms with E-state index in [2.05, 4.69) is 16.9 Å². The van der Waals surface area contributed by atoms with Gasteiger partial charge in [-0.05, 0) is 56.4 Å². The van der Waals surface area contributed by atoms with E-state index in [1.807, 2.05) is 6.92 Å². The second-order valence-electron chi connectivity index (χ2n) is 5.32. The Labute approximate surface area is 111 Å². The van der Waals surface area contributed by atoms with Gasteiger partial charge in [-0.1, -0.05) is 6.07 Å². The summed E-state index contributed by atoms with van der Waals surface area (Å²) in [4.78, 5) is 17.1. The van der Waals surface area contributed by atoms with E-state index in [0.717, 1.165) is 36.0 Å². The number of likely N-dealkylation sites (tertiary alicyclic amines) is 1. The molecule has 2 aromatic rings. The maximum atomic E-state index is 13.3. The molecule has 3 nitrogen and oxygen atoms in total. The highest BCUT2D eigenvalue weighted by atomic mass is 19.1. The summed E-state index contributed by atoms with van der Waals surface area (Å²) in [7, 11) is 2.09. The van der Waals surface area contributed by atoms with Crippen LogP contribution >= 0.6 is 0 Å². The molecular formula is C15H17FN2O. The summed E-state index contributed by atoms with van der Waals surface area (Å²) in [5.74, 6) is -0.368. The summed E-state index contributed by atoms with van der Waals surface area (Å²) in [6.45, 7) is 2.98. The van der Waals surface area contributed by atoms with Crippen molar-refractivity contribution in [1.29, 1.82) is 0 Å². The smallest absolute Gasteiger partial charge is 0.256 e. The topological polar surface area (TPSA) is 36.1 Å². The van der Waals surface area contributed by atoms with Crippen LogP contribution in [0, 0.1) is 12.7 Å². The van der Waals surface area contributed by atoms with E-state index in [4.69, 9.17) is 0 Å². The van der Waals surface area contributed by atoms with Gasteiger partial charge < -0.3 is 4.98 Å². The van der Waals surface area contributed by atoms with Gasteiger partial charge in [-0.3, -0.25) is 9.69 Å². The molecule has 1 N–H and O–H groups in total. The number of aryl methyl sites for hydroxylation is 1. The molecule has 1 unspecified atom stereocenters. The average Bonchev–Trinajstić information content (AvgIpc) is 2.77. The van der Waals surface area contributed by atoms with Crippen LogP contribution in [-0.4, -0.2) is 23.5 Å². The van der Waals surface area contributed by atoms with Crippen LogP contribution in [0.5, 0.6) is 0 Å². The molecule has 4 heteroatoms. The van der Waals surface area contributed by atoms with Crippen LogP contribution in [0.3, 0.4) is 0 Å². The fourth-order valence-electron chi connectivity index (χ4n) is 3.15. The van der Waals surface area contributed by atoms with Crippen LogP contribution in [0.1, 0.15) is 30.1 Å². The molecule has 0 spiro atoms. The first-order valence-electron chi connectivity index (χ1n) is 6.60. The molecule has 0 saturated carbocycles. The Bertz CT molecular complexity index is 692. The number of hydrogen-bond donors (Lipinski definition) is 1. The van der Waals surface area contributed by atoms with E-state index in [-0.39, 0.29) is 11.4 Å². The molecule has 2 heterocycles. The van der Waals surface area contributed by atoms with Crippen molar-refractivity contribution in [2.24, 2.45) is 0 Å². The summed E-state index contributed by atoms with van der Waals surface area (Å²) in [6, 6.07) is 4.80. The lowest BCUT2D eigenvalue weighted by atomic mass is 9.96. The van der Waals surface area contributed by atoms with E-state index in [9.17, 15) is 9.18 Å². The predicted octanol–water partition coefficient (Wildman–Crippen LogP) is 2.74. The van der Waals surface area contributed by atoms with Gasteiger partial charge in [0.05, 0.1) is 5.39 Å². The molecule has 0 aliphatic carbocycles. The van der Waals surface area contributed by atoms with E-state index in [1.165, 1.54) is 12.1 Å². The summed E-state index contributed by atoms with van der Waals surface area (Å²) in [5, 5.41) is 1.32. The van der Waals surface area contributed by atoms with E-state index >= 15 is 0 Å². The molecule has 1 atom stereocenters. The summed E-state index contributed by atoms with van der Waals surface area (Å²) in [5.41, 5.74) is 1.81. The van der Waals surface area contributed by atoms with Crippen molar-refractivity contribution in [3.63, 3.8) is 0 Å². The second-order valence-corrected chi connectivity index (χ2v) is 5.32. The molecule has 1 fully saturated rings. The van der Waals surface area contributed by atoms with Crippen molar-refractivity contribution in [3.8, 4) is 0 Å². The van der Waals surface area contributed by atoms with Gasteiger partial charge in [0.15, 0.2) is 0 Å². The first kappa shape index (κ1) is 12.4. The Hall–Kier alpha value is -1.68. The van der Waals surface area contributed by atoms with Crippen LogP contribution in [0.2, 0.25) is 0 Å². The molecule has 19 heavy (non-hydrogen) atoms. The number of aromatic nitrogens is 1. The minimum absolute atomic E-state index is 0.212. The first-order valence-corrected chi connectivity index (χ1v) is 6.60. The van der Waals surface area contributed by atoms with Crippen LogP contribution < -0.4 is 5.56 Å². The van der Waals surface area contributed by atoms with Crippen LogP contribution in [0.25, 0.3) is 10.8 Å². The zero-order valence-corrected chi connectivity index (χ0v) is 11.2. The maximum absolute atomic E-state index is 13.3. The molecule has 3 rings (SSSR count). The molecule has 100 valence electrons. The zero-order valence-electron chi connectivity index (χ0n) is 11.2. The highest BCUT2D eigenvalue weighted by Crippen LogP contribution is 2.35. The van der Waals surface area contributed by atoms with Crippen molar-refractivity contribution < 1.29 is 4.39 Å². The van der Waals surface area contributed by atoms with Crippen molar-refractivity contribution in [1.82, 2.24) is 9.88 Å². The zero-order chi connectivity index (χ0) is 13.6. The fourth-order valence-corrected chi connectivity index (χ4v) is 3.15. The highest BCUT2D eigenvalue weighted by molar-refractivity contribution is 5.86. The first-order chi connectivity index (χ1) is 9.08. The monoisotopic (exact) mass is 260 g/mol. The van der Waals surface area contributed by atoms with E-state index < -0.39 is 0 Å². The number of nitrogens with zero attached hydrogens (tertiary/aromatic N) is 1. The normalized spacial score (nSPS) is 20.3. The maximum Gasteiger partial charge on any atom is 0.256 e. The van der Waals surface area contributed by atoms with Gasteiger partial charge >= 0.3 is 0 Å². The number of benzene rings is 1. The van der Waals surface area contributed by atoms with Crippen molar-refractivity contribution in [3.05, 3.63) is 45.6 Å². The molecular weight excluding hydrogens is 243 g/mol. The molecule has 1 aliphatic rings. The Balaban J connectivity index is 2.32. The Morgan fingerprint density at radius 3 is 2.84 bits per heavy atom. The van der Waals surface area contributed by atoms with Crippen molar-refractivity contribution in [2.75, 3.05) is 13.6 Å². The molecule has 0 amide bonds. The van der Waals surface area contributed by atoms with Crippen LogP contribution in [0.15, 0.2) is 23.0 Å². The lowest BCUT2D eigenvalue weighted by molar-refractivity contribution is 0.317. The van der Waals surface area contributed by atoms with Crippen LogP contribution in [0.4, 0.5) is 4.39 Å². The number of halogens is 1. The average molecular weight is 260 g/mol. The van der Waals surface area contributed by atoms with E-state index in [0.29, 0.717) is 11.4 Å². The predicted molar refractivity (Wildman–Crippen MR) is 73.9 cm³/mol. The van der Waals surface area contributed by atoms with Crippen LogP contribution in [-0.2, 0) is 0 Å². The number of nitrogens with one attached hydrogen (secondary N) is 1. The highest BCUT2D eigenvalue weighted by Gasteiger charge is 2.26. The molecule has 1 aromatic carbocycles. The minimum Gasteiger partial charge on any atom is -0.326 e. The summed E-state index contributed by atoms with van der Waals surface area (Å²) in [6.07, 6.45) is 2.23. The van der Waals surface area contributed by atoms with Gasteiger partial charge in [-0.2, -0.15) is 0 Å². The van der Waals surface area contributed by atoms with Gasteiger partial charge in [0.25, 0.3) is 5.56 Å². The standard InChI is InChI=1S/C15H17FN2O/c1-9-14(13-4-3-7-18(13)2)11-6-5-10(16)8-12(11)15(19)17-9/h5-6,8,13H,3-4,7H2,1-2H3,(H,17,19). The van der Waals surface area contributed by atoms with Gasteiger partial charge in [-0.15, -0.1) is 0 Å². The largest absolute Gasteiger partial charge is 0.326 e. The SMILES string of the molecule is Cc1[nH]c(=O)c2cc(F)ccc2c1C1CCCN1C. The molecule has 1 aliphatic heterocycles. The summed E-state index contributed by atoms with van der Waals surface area (Å²) >= 11 is 0. The number of pyridine rings is 1. The Morgan fingerprint density at radius 2 is 2.16 bits per heavy atom. The van der Waals surface area contributed by atoms with Crippen molar-refractivity contribution in [2.45, 2.75) is 25.8 Å². The minimum atomic E-state index is -0.368. The van der Waals surface area contributed by atoms with Gasteiger partial charge in [-0.25, -0.2) is 4.39 Å². The Morgan fingerprint density at radius 1 is 1.37 bits per heavy atom. The van der Waals surface area contributed by atoms with Gasteiger partial charge in [0.2, 0.25) is 0 Å². The quantitative estimate of drug-likeness (QED) is 0.856. The number of rotatable bonds is 1. The third-order valence-electron chi connectivity index (χ3n) is 4.08. The molecule has 1 saturated heterocycles. The van der Waals surface area contributed by atoms with Gasteiger partial charge in [0.1, 0.15) is 5.82 Å². The van der Waals surface area contributed by atoms with Gasteiger partial charge in [0, 0.05) is 11.7 Å². The number of fused-ring (bicyclic) bond motifs is 1.